The van der Waals surface area contributed by atoms with Gasteiger partial charge in [-0.05, 0) is 48.6 Å². The Kier molecular flexibility index (Phi) is 4.84. The van der Waals surface area contributed by atoms with Crippen molar-refractivity contribution in [3.05, 3.63) is 51.7 Å². The second-order valence-corrected chi connectivity index (χ2v) is 4.76. The van der Waals surface area contributed by atoms with E-state index in [1.165, 1.54) is 21.7 Å². The van der Waals surface area contributed by atoms with Crippen LogP contribution in [-0.4, -0.2) is 0 Å². The Morgan fingerprint density at radius 2 is 1.94 bits per heavy atom. The minimum Gasteiger partial charge on any atom is -0.380 e. The molecule has 86 valence electrons. The average molecular weight is 254 g/mol. The third kappa shape index (κ3) is 3.26. The highest BCUT2D eigenvalue weighted by molar-refractivity contribution is 7.09. The highest BCUT2D eigenvalue weighted by Crippen LogP contribution is 2.16. The van der Waals surface area contributed by atoms with Crippen molar-refractivity contribution >= 4 is 29.4 Å². The Morgan fingerprint density at radius 1 is 1.12 bits per heavy atom. The van der Waals surface area contributed by atoms with E-state index in [0.717, 1.165) is 6.54 Å². The molecule has 16 heavy (non-hydrogen) atoms. The zero-order valence-electron chi connectivity index (χ0n) is 9.49. The van der Waals surface area contributed by atoms with Crippen molar-refractivity contribution in [2.75, 3.05) is 5.32 Å². The molecule has 0 saturated carbocycles. The first-order chi connectivity index (χ1) is 7.25. The third-order valence-corrected chi connectivity index (χ3v) is 3.43. The van der Waals surface area contributed by atoms with Crippen LogP contribution in [0.4, 0.5) is 5.69 Å². The Balaban J connectivity index is 0.00000128. The Morgan fingerprint density at radius 3 is 2.56 bits per heavy atom. The number of hydrogen-bond acceptors (Lipinski definition) is 2. The monoisotopic (exact) mass is 253 g/mol. The molecule has 0 aliphatic carbocycles. The number of benzene rings is 1. The predicted octanol–water partition coefficient (Wildman–Crippen LogP) is 4.40. The van der Waals surface area contributed by atoms with Crippen LogP contribution in [-0.2, 0) is 6.54 Å². The standard InChI is InChI=1S/C13H15NS.ClH/c1-10-5-6-12(8-11(10)2)14-9-13-4-3-7-15-13;/h3-8,14H,9H2,1-2H3;1H. The van der Waals surface area contributed by atoms with E-state index < -0.39 is 0 Å². The van der Waals surface area contributed by atoms with Gasteiger partial charge in [0.25, 0.3) is 0 Å². The van der Waals surface area contributed by atoms with E-state index in [1.807, 2.05) is 0 Å². The third-order valence-electron chi connectivity index (χ3n) is 2.55. The summed E-state index contributed by atoms with van der Waals surface area (Å²) in [7, 11) is 0. The van der Waals surface area contributed by atoms with Gasteiger partial charge in [0, 0.05) is 17.1 Å². The predicted molar refractivity (Wildman–Crippen MR) is 74.8 cm³/mol. The van der Waals surface area contributed by atoms with Crippen LogP contribution in [0.3, 0.4) is 0 Å². The molecule has 0 aliphatic rings. The van der Waals surface area contributed by atoms with Gasteiger partial charge in [-0.25, -0.2) is 0 Å². The zero-order chi connectivity index (χ0) is 10.7. The summed E-state index contributed by atoms with van der Waals surface area (Å²) in [6, 6.07) is 10.7. The molecule has 2 rings (SSSR count). The number of thiophene rings is 1. The topological polar surface area (TPSA) is 12.0 Å². The number of halogens is 1. The quantitative estimate of drug-likeness (QED) is 0.855. The Bertz CT molecular complexity index is 437. The number of hydrogen-bond donors (Lipinski definition) is 1. The van der Waals surface area contributed by atoms with Gasteiger partial charge in [0.2, 0.25) is 0 Å². The van der Waals surface area contributed by atoms with Gasteiger partial charge < -0.3 is 5.32 Å². The number of aryl methyl sites for hydroxylation is 2. The molecule has 0 bridgehead atoms. The first-order valence-electron chi connectivity index (χ1n) is 5.09. The van der Waals surface area contributed by atoms with E-state index in [0.29, 0.717) is 0 Å². The van der Waals surface area contributed by atoms with E-state index in [4.69, 9.17) is 0 Å². The molecule has 0 unspecified atom stereocenters. The maximum Gasteiger partial charge on any atom is 0.0494 e. The molecule has 0 fully saturated rings. The molecule has 1 nitrogen and oxygen atoms in total. The van der Waals surface area contributed by atoms with Gasteiger partial charge in [-0.3, -0.25) is 0 Å². The van der Waals surface area contributed by atoms with E-state index in [-0.39, 0.29) is 12.4 Å². The van der Waals surface area contributed by atoms with Crippen LogP contribution in [0.1, 0.15) is 16.0 Å². The van der Waals surface area contributed by atoms with Crippen molar-refractivity contribution in [3.8, 4) is 0 Å². The smallest absolute Gasteiger partial charge is 0.0494 e. The van der Waals surface area contributed by atoms with Gasteiger partial charge >= 0.3 is 0 Å². The molecule has 0 aliphatic heterocycles. The zero-order valence-corrected chi connectivity index (χ0v) is 11.1. The summed E-state index contributed by atoms with van der Waals surface area (Å²) in [5, 5.41) is 5.53. The maximum atomic E-state index is 3.43. The van der Waals surface area contributed by atoms with Gasteiger partial charge in [-0.15, -0.1) is 23.7 Å². The van der Waals surface area contributed by atoms with Crippen LogP contribution in [0.5, 0.6) is 0 Å². The van der Waals surface area contributed by atoms with Crippen LogP contribution in [0.2, 0.25) is 0 Å². The van der Waals surface area contributed by atoms with Crippen molar-refractivity contribution in [2.24, 2.45) is 0 Å². The number of rotatable bonds is 3. The molecule has 1 N–H and O–H groups in total. The van der Waals surface area contributed by atoms with Gasteiger partial charge in [0.1, 0.15) is 0 Å². The van der Waals surface area contributed by atoms with Crippen molar-refractivity contribution in [3.63, 3.8) is 0 Å². The molecule has 0 radical (unpaired) electrons. The summed E-state index contributed by atoms with van der Waals surface area (Å²) in [5.41, 5.74) is 3.88. The summed E-state index contributed by atoms with van der Waals surface area (Å²) in [5.74, 6) is 0. The Labute approximate surface area is 107 Å². The summed E-state index contributed by atoms with van der Waals surface area (Å²) >= 11 is 1.79. The molecule has 1 aromatic carbocycles. The van der Waals surface area contributed by atoms with Crippen molar-refractivity contribution in [1.29, 1.82) is 0 Å². The molecule has 3 heteroatoms. The lowest BCUT2D eigenvalue weighted by atomic mass is 10.1. The molecule has 0 amide bonds. The van der Waals surface area contributed by atoms with Gasteiger partial charge in [-0.1, -0.05) is 12.1 Å². The summed E-state index contributed by atoms with van der Waals surface area (Å²) < 4.78 is 0. The Hall–Kier alpha value is -0.990. The fourth-order valence-corrected chi connectivity index (χ4v) is 2.10. The molecule has 2 aromatic rings. The molecule has 1 aromatic heterocycles. The van der Waals surface area contributed by atoms with Gasteiger partial charge in [0.15, 0.2) is 0 Å². The lowest BCUT2D eigenvalue weighted by Crippen LogP contribution is -1.97. The minimum absolute atomic E-state index is 0. The molecular weight excluding hydrogens is 238 g/mol. The molecule has 0 atom stereocenters. The van der Waals surface area contributed by atoms with Gasteiger partial charge in [0.05, 0.1) is 0 Å². The summed E-state index contributed by atoms with van der Waals surface area (Å²) in [4.78, 5) is 1.37. The second kappa shape index (κ2) is 5.92. The van der Waals surface area contributed by atoms with E-state index >= 15 is 0 Å². The van der Waals surface area contributed by atoms with Gasteiger partial charge in [-0.2, -0.15) is 0 Å². The fourth-order valence-electron chi connectivity index (χ4n) is 1.45. The SMILES string of the molecule is Cc1ccc(NCc2cccs2)cc1C.Cl. The minimum atomic E-state index is 0. The summed E-state index contributed by atoms with van der Waals surface area (Å²) in [6.07, 6.45) is 0. The fraction of sp³-hybridized carbons (Fsp3) is 0.231. The van der Waals surface area contributed by atoms with E-state index in [9.17, 15) is 0 Å². The van der Waals surface area contributed by atoms with Crippen LogP contribution in [0.25, 0.3) is 0 Å². The van der Waals surface area contributed by atoms with Crippen molar-refractivity contribution < 1.29 is 0 Å². The maximum absolute atomic E-state index is 3.43. The molecule has 0 spiro atoms. The second-order valence-electron chi connectivity index (χ2n) is 3.73. The average Bonchev–Trinajstić information content (AvgIpc) is 2.73. The van der Waals surface area contributed by atoms with Crippen LogP contribution < -0.4 is 5.32 Å². The highest BCUT2D eigenvalue weighted by Gasteiger charge is 1.96. The molecular formula is C13H16ClNS. The van der Waals surface area contributed by atoms with E-state index in [2.05, 4.69) is 54.9 Å². The van der Waals surface area contributed by atoms with Crippen LogP contribution in [0.15, 0.2) is 35.7 Å². The molecule has 0 saturated heterocycles. The first kappa shape index (κ1) is 13.1. The van der Waals surface area contributed by atoms with E-state index in [1.54, 1.807) is 11.3 Å². The summed E-state index contributed by atoms with van der Waals surface area (Å²) in [6.45, 7) is 5.20. The van der Waals surface area contributed by atoms with Crippen molar-refractivity contribution in [1.82, 2.24) is 0 Å². The first-order valence-corrected chi connectivity index (χ1v) is 5.97. The van der Waals surface area contributed by atoms with Crippen molar-refractivity contribution in [2.45, 2.75) is 20.4 Å². The number of nitrogens with one attached hydrogen (secondary N) is 1. The largest absolute Gasteiger partial charge is 0.380 e. The normalized spacial score (nSPS) is 9.62. The highest BCUT2D eigenvalue weighted by atomic mass is 35.5. The van der Waals surface area contributed by atoms with Crippen LogP contribution >= 0.6 is 23.7 Å². The molecule has 1 heterocycles. The number of anilines is 1. The van der Waals surface area contributed by atoms with Crippen LogP contribution in [0, 0.1) is 13.8 Å². The lowest BCUT2D eigenvalue weighted by molar-refractivity contribution is 1.18. The lowest BCUT2D eigenvalue weighted by Gasteiger charge is -2.07.